The SMILES string of the molecule is CC1(C)CCOc2cccc(C(Br)C(=O)O)c21. The van der Waals surface area contributed by atoms with Gasteiger partial charge in [0.15, 0.2) is 0 Å². The highest BCUT2D eigenvalue weighted by molar-refractivity contribution is 9.09. The Labute approximate surface area is 109 Å². The smallest absolute Gasteiger partial charge is 0.321 e. The number of ether oxygens (including phenoxy) is 1. The van der Waals surface area contributed by atoms with Gasteiger partial charge in [0.25, 0.3) is 0 Å². The molecular weight excluding hydrogens is 284 g/mol. The van der Waals surface area contributed by atoms with E-state index in [0.29, 0.717) is 6.61 Å². The highest BCUT2D eigenvalue weighted by atomic mass is 79.9. The number of rotatable bonds is 2. The summed E-state index contributed by atoms with van der Waals surface area (Å²) in [6.07, 6.45) is 0.899. The molecule has 0 saturated heterocycles. The van der Waals surface area contributed by atoms with E-state index in [1.54, 1.807) is 0 Å². The van der Waals surface area contributed by atoms with Crippen molar-refractivity contribution in [1.29, 1.82) is 0 Å². The zero-order chi connectivity index (χ0) is 12.6. The number of aliphatic carboxylic acids is 1. The summed E-state index contributed by atoms with van der Waals surface area (Å²) >= 11 is 3.23. The van der Waals surface area contributed by atoms with E-state index in [2.05, 4.69) is 29.8 Å². The van der Waals surface area contributed by atoms with Crippen LogP contribution in [0.1, 0.15) is 36.2 Å². The molecule has 1 atom stereocenters. The van der Waals surface area contributed by atoms with Gasteiger partial charge in [-0.25, -0.2) is 0 Å². The van der Waals surface area contributed by atoms with Crippen LogP contribution in [0, 0.1) is 0 Å². The van der Waals surface area contributed by atoms with E-state index in [1.165, 1.54) is 0 Å². The van der Waals surface area contributed by atoms with E-state index in [-0.39, 0.29) is 5.41 Å². The molecule has 0 amide bonds. The van der Waals surface area contributed by atoms with E-state index < -0.39 is 10.8 Å². The summed E-state index contributed by atoms with van der Waals surface area (Å²) in [6.45, 7) is 4.93. The lowest BCUT2D eigenvalue weighted by Crippen LogP contribution is -2.29. The zero-order valence-corrected chi connectivity index (χ0v) is 11.5. The summed E-state index contributed by atoms with van der Waals surface area (Å²) in [5.41, 5.74) is 1.75. The Bertz CT molecular complexity index is 454. The summed E-state index contributed by atoms with van der Waals surface area (Å²) in [6, 6.07) is 5.59. The first-order chi connectivity index (χ1) is 7.93. The zero-order valence-electron chi connectivity index (χ0n) is 9.87. The van der Waals surface area contributed by atoms with Gasteiger partial charge >= 0.3 is 5.97 Å². The van der Waals surface area contributed by atoms with Crippen LogP contribution < -0.4 is 4.74 Å². The normalized spacial score (nSPS) is 19.0. The second-order valence-electron chi connectivity index (χ2n) is 4.90. The first-order valence-electron chi connectivity index (χ1n) is 5.56. The van der Waals surface area contributed by atoms with Crippen molar-refractivity contribution in [2.75, 3.05) is 6.61 Å². The van der Waals surface area contributed by atoms with E-state index in [1.807, 2.05) is 18.2 Å². The van der Waals surface area contributed by atoms with E-state index in [0.717, 1.165) is 23.3 Å². The lowest BCUT2D eigenvalue weighted by atomic mass is 9.77. The number of alkyl halides is 1. The Balaban J connectivity index is 2.58. The third kappa shape index (κ3) is 2.18. The van der Waals surface area contributed by atoms with Crippen LogP contribution in [0.3, 0.4) is 0 Å². The molecule has 1 aliphatic rings. The molecule has 0 spiro atoms. The molecule has 0 aromatic heterocycles. The van der Waals surface area contributed by atoms with Crippen molar-refractivity contribution in [1.82, 2.24) is 0 Å². The van der Waals surface area contributed by atoms with Gasteiger partial charge < -0.3 is 9.84 Å². The van der Waals surface area contributed by atoms with E-state index >= 15 is 0 Å². The largest absolute Gasteiger partial charge is 0.493 e. The second kappa shape index (κ2) is 4.33. The fraction of sp³-hybridized carbons (Fsp3) is 0.462. The summed E-state index contributed by atoms with van der Waals surface area (Å²) in [5.74, 6) is -0.0655. The molecule has 1 heterocycles. The van der Waals surface area contributed by atoms with Crippen LogP contribution >= 0.6 is 15.9 Å². The summed E-state index contributed by atoms with van der Waals surface area (Å²) in [4.78, 5) is 10.4. The van der Waals surface area contributed by atoms with Gasteiger partial charge in [-0.05, 0) is 23.5 Å². The molecule has 2 rings (SSSR count). The van der Waals surface area contributed by atoms with Gasteiger partial charge in [-0.2, -0.15) is 0 Å². The lowest BCUT2D eigenvalue weighted by molar-refractivity contribution is -0.136. The summed E-state index contributed by atoms with van der Waals surface area (Å²) < 4.78 is 5.62. The van der Waals surface area contributed by atoms with Crippen LogP contribution in [0.2, 0.25) is 0 Å². The van der Waals surface area contributed by atoms with Crippen molar-refractivity contribution < 1.29 is 14.6 Å². The van der Waals surface area contributed by atoms with Gasteiger partial charge in [0, 0.05) is 5.56 Å². The predicted molar refractivity (Wildman–Crippen MR) is 68.9 cm³/mol. The van der Waals surface area contributed by atoms with Gasteiger partial charge in [0.1, 0.15) is 10.6 Å². The maximum Gasteiger partial charge on any atom is 0.321 e. The molecule has 1 N–H and O–H groups in total. The van der Waals surface area contributed by atoms with Crippen molar-refractivity contribution in [3.8, 4) is 5.75 Å². The molecule has 1 aliphatic heterocycles. The molecule has 0 aliphatic carbocycles. The maximum absolute atomic E-state index is 11.1. The number of carboxylic acid groups (broad SMARTS) is 1. The van der Waals surface area contributed by atoms with Crippen molar-refractivity contribution in [2.24, 2.45) is 0 Å². The van der Waals surface area contributed by atoms with Gasteiger partial charge in [0.2, 0.25) is 0 Å². The number of hydrogen-bond donors (Lipinski definition) is 1. The lowest BCUT2D eigenvalue weighted by Gasteiger charge is -2.34. The minimum Gasteiger partial charge on any atom is -0.493 e. The number of benzene rings is 1. The van der Waals surface area contributed by atoms with Crippen molar-refractivity contribution in [2.45, 2.75) is 30.5 Å². The standard InChI is InChI=1S/C13H15BrO3/c1-13(2)6-7-17-9-5-3-4-8(10(9)13)11(14)12(15)16/h3-5,11H,6-7H2,1-2H3,(H,15,16). The molecule has 1 unspecified atom stereocenters. The molecule has 0 radical (unpaired) electrons. The van der Waals surface area contributed by atoms with E-state index in [4.69, 9.17) is 9.84 Å². The average Bonchev–Trinajstić information content (AvgIpc) is 2.26. The number of halogens is 1. The second-order valence-corrected chi connectivity index (χ2v) is 5.82. The number of hydrogen-bond acceptors (Lipinski definition) is 2. The monoisotopic (exact) mass is 298 g/mol. The van der Waals surface area contributed by atoms with Crippen molar-refractivity contribution in [3.05, 3.63) is 29.3 Å². The first kappa shape index (κ1) is 12.4. The number of carbonyl (C=O) groups is 1. The molecule has 92 valence electrons. The quantitative estimate of drug-likeness (QED) is 0.853. The molecular formula is C13H15BrO3. The highest BCUT2D eigenvalue weighted by Crippen LogP contribution is 2.43. The van der Waals surface area contributed by atoms with Gasteiger partial charge in [-0.15, -0.1) is 0 Å². The highest BCUT2D eigenvalue weighted by Gasteiger charge is 2.34. The van der Waals surface area contributed by atoms with Gasteiger partial charge in [0.05, 0.1) is 6.61 Å². The molecule has 17 heavy (non-hydrogen) atoms. The van der Waals surface area contributed by atoms with Crippen molar-refractivity contribution in [3.63, 3.8) is 0 Å². The fourth-order valence-electron chi connectivity index (χ4n) is 2.28. The fourth-order valence-corrected chi connectivity index (χ4v) is 2.66. The topological polar surface area (TPSA) is 46.5 Å². The molecule has 4 heteroatoms. The maximum atomic E-state index is 11.1. The van der Waals surface area contributed by atoms with Crippen LogP contribution in [-0.2, 0) is 10.2 Å². The summed E-state index contributed by atoms with van der Waals surface area (Å²) in [7, 11) is 0. The number of carboxylic acids is 1. The minimum absolute atomic E-state index is 0.0500. The predicted octanol–water partition coefficient (Wildman–Crippen LogP) is 3.27. The van der Waals surface area contributed by atoms with Gasteiger partial charge in [-0.1, -0.05) is 41.9 Å². The Morgan fingerprint density at radius 2 is 2.24 bits per heavy atom. The van der Waals surface area contributed by atoms with Crippen LogP contribution in [-0.4, -0.2) is 17.7 Å². The van der Waals surface area contributed by atoms with Gasteiger partial charge in [-0.3, -0.25) is 4.79 Å². The van der Waals surface area contributed by atoms with Crippen LogP contribution in [0.5, 0.6) is 5.75 Å². The van der Waals surface area contributed by atoms with Crippen LogP contribution in [0.15, 0.2) is 18.2 Å². The molecule has 0 bridgehead atoms. The third-order valence-corrected chi connectivity index (χ3v) is 4.09. The molecule has 0 fully saturated rings. The summed E-state index contributed by atoms with van der Waals surface area (Å²) in [5, 5.41) is 9.12. The Hall–Kier alpha value is -1.03. The van der Waals surface area contributed by atoms with E-state index in [9.17, 15) is 4.79 Å². The van der Waals surface area contributed by atoms with Crippen molar-refractivity contribution >= 4 is 21.9 Å². The molecule has 1 aromatic carbocycles. The third-order valence-electron chi connectivity index (χ3n) is 3.21. The van der Waals surface area contributed by atoms with Crippen LogP contribution in [0.4, 0.5) is 0 Å². The molecule has 3 nitrogen and oxygen atoms in total. The Morgan fingerprint density at radius 1 is 1.53 bits per heavy atom. The average molecular weight is 299 g/mol. The molecule has 0 saturated carbocycles. The Morgan fingerprint density at radius 3 is 2.88 bits per heavy atom. The first-order valence-corrected chi connectivity index (χ1v) is 6.48. The Kier molecular flexibility index (Phi) is 3.17. The minimum atomic E-state index is -0.875. The molecule has 1 aromatic rings. The number of fused-ring (bicyclic) bond motifs is 1. The van der Waals surface area contributed by atoms with Crippen LogP contribution in [0.25, 0.3) is 0 Å².